The summed E-state index contributed by atoms with van der Waals surface area (Å²) in [5.41, 5.74) is 1.94. The molecule has 2 N–H and O–H groups in total. The molecule has 0 aliphatic heterocycles. The Morgan fingerprint density at radius 2 is 1.06 bits per heavy atom. The van der Waals surface area contributed by atoms with Crippen molar-refractivity contribution in [2.24, 2.45) is 0 Å². The fourth-order valence-electron chi connectivity index (χ4n) is 1.36. The van der Waals surface area contributed by atoms with Gasteiger partial charge in [0, 0.05) is 21.2 Å². The van der Waals surface area contributed by atoms with Gasteiger partial charge in [-0.2, -0.15) is 0 Å². The van der Waals surface area contributed by atoms with Gasteiger partial charge in [-0.15, -0.1) is 0 Å². The van der Waals surface area contributed by atoms with Gasteiger partial charge in [0.1, 0.15) is 0 Å². The second kappa shape index (κ2) is 6.89. The van der Waals surface area contributed by atoms with E-state index in [4.69, 9.17) is 38.2 Å². The van der Waals surface area contributed by atoms with E-state index in [1.165, 1.54) is 0 Å². The summed E-state index contributed by atoms with van der Waals surface area (Å²) in [6, 6.07) is 15.4. The maximum atomic E-state index is 8.56. The average Bonchev–Trinajstić information content (AvgIpc) is 2.30. The Morgan fingerprint density at radius 3 is 1.33 bits per heavy atom. The van der Waals surface area contributed by atoms with Crippen molar-refractivity contribution in [3.8, 4) is 11.1 Å². The van der Waals surface area contributed by atoms with Crippen LogP contribution in [0.15, 0.2) is 48.5 Å². The van der Waals surface area contributed by atoms with Crippen LogP contribution in [0.25, 0.3) is 11.1 Å². The molecule has 0 radical (unpaired) electrons. The van der Waals surface area contributed by atoms with Crippen molar-refractivity contribution >= 4 is 29.4 Å². The van der Waals surface area contributed by atoms with Crippen LogP contribution in [0.2, 0.25) is 10.0 Å². The topological polar surface area (TPSA) is 57.5 Å². The van der Waals surface area contributed by atoms with Crippen LogP contribution in [0.4, 0.5) is 4.79 Å². The summed E-state index contributed by atoms with van der Waals surface area (Å²) in [6.45, 7) is 0. The Balaban J connectivity index is 0.000000357. The fourth-order valence-corrected chi connectivity index (χ4v) is 1.83. The first-order valence-electron chi connectivity index (χ1n) is 4.93. The minimum Gasteiger partial charge on any atom is -0.450 e. The Labute approximate surface area is 114 Å². The minimum absolute atomic E-state index is 0.723. The van der Waals surface area contributed by atoms with Gasteiger partial charge in [-0.3, -0.25) is 0 Å². The number of hydrogen-bond acceptors (Lipinski definition) is 1. The third kappa shape index (κ3) is 4.28. The zero-order valence-electron chi connectivity index (χ0n) is 9.18. The Morgan fingerprint density at radius 1 is 0.778 bits per heavy atom. The molecule has 0 spiro atoms. The molecule has 2 aromatic carbocycles. The molecule has 18 heavy (non-hydrogen) atoms. The molecule has 0 atom stereocenters. The molecule has 0 saturated carbocycles. The molecule has 2 rings (SSSR count). The second-order valence-electron chi connectivity index (χ2n) is 3.24. The van der Waals surface area contributed by atoms with Crippen LogP contribution in [0, 0.1) is 0 Å². The lowest BCUT2D eigenvalue weighted by Crippen LogP contribution is -1.81. The minimum atomic E-state index is -1.83. The molecule has 0 saturated heterocycles. The quantitative estimate of drug-likeness (QED) is 0.784. The van der Waals surface area contributed by atoms with Crippen LogP contribution in [0.5, 0.6) is 0 Å². The van der Waals surface area contributed by atoms with Gasteiger partial charge < -0.3 is 10.2 Å². The van der Waals surface area contributed by atoms with Crippen LogP contribution < -0.4 is 0 Å². The van der Waals surface area contributed by atoms with Crippen molar-refractivity contribution in [1.82, 2.24) is 0 Å². The highest BCUT2D eigenvalue weighted by molar-refractivity contribution is 6.36. The summed E-state index contributed by atoms with van der Waals surface area (Å²) in [5, 5.41) is 15.4. The smallest absolute Gasteiger partial charge is 0.450 e. The van der Waals surface area contributed by atoms with E-state index in [0.717, 1.165) is 21.2 Å². The largest absolute Gasteiger partial charge is 0.503 e. The van der Waals surface area contributed by atoms with Crippen LogP contribution in [-0.4, -0.2) is 16.4 Å². The van der Waals surface area contributed by atoms with Gasteiger partial charge in [-0.05, 0) is 12.1 Å². The van der Waals surface area contributed by atoms with Gasteiger partial charge in [0.25, 0.3) is 0 Å². The predicted molar refractivity (Wildman–Crippen MR) is 72.6 cm³/mol. The number of carbonyl (C=O) groups is 1. The monoisotopic (exact) mass is 284 g/mol. The van der Waals surface area contributed by atoms with Crippen molar-refractivity contribution < 1.29 is 15.0 Å². The molecule has 3 nitrogen and oxygen atoms in total. The molecule has 0 amide bonds. The van der Waals surface area contributed by atoms with E-state index < -0.39 is 6.16 Å². The van der Waals surface area contributed by atoms with E-state index in [2.05, 4.69) is 0 Å². The van der Waals surface area contributed by atoms with Gasteiger partial charge in [0.05, 0.1) is 0 Å². The summed E-state index contributed by atoms with van der Waals surface area (Å²) in [6.07, 6.45) is -1.83. The molecule has 0 unspecified atom stereocenters. The van der Waals surface area contributed by atoms with Crippen LogP contribution in [-0.2, 0) is 0 Å². The second-order valence-corrected chi connectivity index (χ2v) is 4.06. The summed E-state index contributed by atoms with van der Waals surface area (Å²) in [4.78, 5) is 8.56. The van der Waals surface area contributed by atoms with E-state index in [9.17, 15) is 0 Å². The van der Waals surface area contributed by atoms with Crippen molar-refractivity contribution in [2.45, 2.75) is 0 Å². The number of halogens is 2. The summed E-state index contributed by atoms with van der Waals surface area (Å²) in [7, 11) is 0. The zero-order chi connectivity index (χ0) is 13.5. The van der Waals surface area contributed by atoms with E-state index in [1.807, 2.05) is 48.5 Å². The lowest BCUT2D eigenvalue weighted by Gasteiger charge is -2.05. The maximum Gasteiger partial charge on any atom is 0.503 e. The van der Waals surface area contributed by atoms with E-state index in [-0.39, 0.29) is 0 Å². The van der Waals surface area contributed by atoms with Crippen LogP contribution in [0.3, 0.4) is 0 Å². The standard InChI is InChI=1S/C12H8Cl2.CH2O3/c13-11-7-3-1-5-9(11)10-6-2-4-8-12(10)14;2-1(3)4/h1-8H;(H2,2,3,4). The number of benzene rings is 2. The average molecular weight is 285 g/mol. The maximum absolute atomic E-state index is 8.56. The van der Waals surface area contributed by atoms with Crippen molar-refractivity contribution in [1.29, 1.82) is 0 Å². The molecule has 5 heteroatoms. The molecule has 0 aromatic heterocycles. The van der Waals surface area contributed by atoms with E-state index in [1.54, 1.807) is 0 Å². The van der Waals surface area contributed by atoms with Gasteiger partial charge in [-0.25, -0.2) is 4.79 Å². The van der Waals surface area contributed by atoms with Crippen molar-refractivity contribution in [3.05, 3.63) is 58.6 Å². The molecule has 0 bridgehead atoms. The molecule has 0 fully saturated rings. The van der Waals surface area contributed by atoms with E-state index >= 15 is 0 Å². The van der Waals surface area contributed by atoms with Gasteiger partial charge in [0.15, 0.2) is 0 Å². The molecular weight excluding hydrogens is 275 g/mol. The third-order valence-corrected chi connectivity index (χ3v) is 2.70. The van der Waals surface area contributed by atoms with Crippen LogP contribution in [0.1, 0.15) is 0 Å². The van der Waals surface area contributed by atoms with Crippen molar-refractivity contribution in [3.63, 3.8) is 0 Å². The van der Waals surface area contributed by atoms with Gasteiger partial charge in [-0.1, -0.05) is 59.6 Å². The lowest BCUT2D eigenvalue weighted by atomic mass is 10.1. The number of hydrogen-bond donors (Lipinski definition) is 2. The molecular formula is C13H10Cl2O3. The Bertz CT molecular complexity index is 494. The molecule has 2 aromatic rings. The van der Waals surface area contributed by atoms with Gasteiger partial charge in [0.2, 0.25) is 0 Å². The van der Waals surface area contributed by atoms with Crippen molar-refractivity contribution in [2.75, 3.05) is 0 Å². The predicted octanol–water partition coefficient (Wildman–Crippen LogP) is 4.88. The SMILES string of the molecule is Clc1ccccc1-c1ccccc1Cl.O=C(O)O. The number of carboxylic acid groups (broad SMARTS) is 2. The van der Waals surface area contributed by atoms with E-state index in [0.29, 0.717) is 0 Å². The molecule has 94 valence electrons. The zero-order valence-corrected chi connectivity index (χ0v) is 10.7. The summed E-state index contributed by atoms with van der Waals surface area (Å²) in [5.74, 6) is 0. The molecule has 0 aliphatic rings. The molecule has 0 aliphatic carbocycles. The highest BCUT2D eigenvalue weighted by Crippen LogP contribution is 2.32. The number of rotatable bonds is 1. The normalized spacial score (nSPS) is 9.22. The van der Waals surface area contributed by atoms with Crippen LogP contribution >= 0.6 is 23.2 Å². The highest BCUT2D eigenvalue weighted by atomic mass is 35.5. The summed E-state index contributed by atoms with van der Waals surface area (Å²) >= 11 is 12.1. The first-order chi connectivity index (χ1) is 8.52. The Hall–Kier alpha value is -1.71. The lowest BCUT2D eigenvalue weighted by molar-refractivity contribution is 0.137. The highest BCUT2D eigenvalue weighted by Gasteiger charge is 2.04. The fraction of sp³-hybridized carbons (Fsp3) is 0. The first-order valence-corrected chi connectivity index (χ1v) is 5.69. The Kier molecular flexibility index (Phi) is 5.49. The summed E-state index contributed by atoms with van der Waals surface area (Å²) < 4.78 is 0. The molecule has 0 heterocycles. The first kappa shape index (κ1) is 14.4. The third-order valence-electron chi connectivity index (χ3n) is 2.04. The van der Waals surface area contributed by atoms with Gasteiger partial charge >= 0.3 is 6.16 Å².